The van der Waals surface area contributed by atoms with Gasteiger partial charge in [-0.2, -0.15) is 13.2 Å². The van der Waals surface area contributed by atoms with Crippen LogP contribution in [0.1, 0.15) is 24.1 Å². The van der Waals surface area contributed by atoms with Gasteiger partial charge in [0.05, 0.1) is 11.6 Å². The van der Waals surface area contributed by atoms with Gasteiger partial charge >= 0.3 is 12.2 Å². The molecule has 2 rings (SSSR count). The quantitative estimate of drug-likeness (QED) is 0.855. The molecule has 2 aromatic carbocycles. The minimum atomic E-state index is -4.44. The minimum absolute atomic E-state index is 0.0904. The fourth-order valence-corrected chi connectivity index (χ4v) is 1.96. The monoisotopic (exact) mass is 308 g/mol. The van der Waals surface area contributed by atoms with E-state index in [1.165, 1.54) is 12.1 Å². The summed E-state index contributed by atoms with van der Waals surface area (Å²) in [6.07, 6.45) is -4.44. The number of rotatable bonds is 3. The summed E-state index contributed by atoms with van der Waals surface area (Å²) in [7, 11) is 0. The second-order valence-electron chi connectivity index (χ2n) is 4.81. The first-order chi connectivity index (χ1) is 10.4. The molecule has 0 aliphatic rings. The SMILES string of the molecule is C[C@@H](NC(=O)Nc1cccc(C(F)(F)F)c1)c1ccccc1. The van der Waals surface area contributed by atoms with Crippen molar-refractivity contribution in [3.05, 3.63) is 65.7 Å². The molecule has 0 saturated heterocycles. The van der Waals surface area contributed by atoms with Gasteiger partial charge in [-0.05, 0) is 30.7 Å². The molecule has 0 aromatic heterocycles. The zero-order valence-corrected chi connectivity index (χ0v) is 11.8. The molecule has 1 atom stereocenters. The first kappa shape index (κ1) is 15.9. The van der Waals surface area contributed by atoms with Crippen molar-refractivity contribution in [2.75, 3.05) is 5.32 Å². The van der Waals surface area contributed by atoms with Crippen LogP contribution >= 0.6 is 0 Å². The molecule has 0 saturated carbocycles. The standard InChI is InChI=1S/C16H15F3N2O/c1-11(12-6-3-2-4-7-12)20-15(22)21-14-9-5-8-13(10-14)16(17,18)19/h2-11H,1H3,(H2,20,21,22)/t11-/m1/s1. The maximum absolute atomic E-state index is 12.6. The number of carbonyl (C=O) groups is 1. The minimum Gasteiger partial charge on any atom is -0.331 e. The Balaban J connectivity index is 2.01. The summed E-state index contributed by atoms with van der Waals surface area (Å²) in [5, 5.41) is 5.08. The molecule has 0 radical (unpaired) electrons. The molecular weight excluding hydrogens is 293 g/mol. The molecule has 0 unspecified atom stereocenters. The average molecular weight is 308 g/mol. The lowest BCUT2D eigenvalue weighted by Crippen LogP contribution is -2.31. The van der Waals surface area contributed by atoms with Crippen molar-refractivity contribution in [2.24, 2.45) is 0 Å². The lowest BCUT2D eigenvalue weighted by Gasteiger charge is -2.15. The van der Waals surface area contributed by atoms with Crippen LogP contribution in [0.4, 0.5) is 23.7 Å². The predicted octanol–water partition coefficient (Wildman–Crippen LogP) is 4.59. The van der Waals surface area contributed by atoms with Crippen LogP contribution in [-0.2, 0) is 6.18 Å². The van der Waals surface area contributed by atoms with Crippen LogP contribution in [0.2, 0.25) is 0 Å². The molecule has 2 aromatic rings. The van der Waals surface area contributed by atoms with Crippen molar-refractivity contribution in [3.63, 3.8) is 0 Å². The van der Waals surface area contributed by atoms with Crippen molar-refractivity contribution in [2.45, 2.75) is 19.1 Å². The molecule has 0 heterocycles. The van der Waals surface area contributed by atoms with Crippen LogP contribution in [-0.4, -0.2) is 6.03 Å². The maximum Gasteiger partial charge on any atom is 0.416 e. The Labute approximate surface area is 126 Å². The Hall–Kier alpha value is -2.50. The molecule has 0 spiro atoms. The second kappa shape index (κ2) is 6.51. The van der Waals surface area contributed by atoms with Crippen molar-refractivity contribution in [3.8, 4) is 0 Å². The molecule has 0 aliphatic carbocycles. The van der Waals surface area contributed by atoms with Crippen molar-refractivity contribution >= 4 is 11.7 Å². The highest BCUT2D eigenvalue weighted by molar-refractivity contribution is 5.89. The number of hydrogen-bond donors (Lipinski definition) is 2. The third kappa shape index (κ3) is 4.25. The Morgan fingerprint density at radius 1 is 1.05 bits per heavy atom. The molecule has 2 N–H and O–H groups in total. The average Bonchev–Trinajstić information content (AvgIpc) is 2.47. The van der Waals surface area contributed by atoms with E-state index in [0.717, 1.165) is 17.7 Å². The molecule has 0 aliphatic heterocycles. The number of halogens is 3. The summed E-state index contributed by atoms with van der Waals surface area (Å²) in [6.45, 7) is 1.79. The number of nitrogens with one attached hydrogen (secondary N) is 2. The van der Waals surface area contributed by atoms with Crippen LogP contribution in [0.3, 0.4) is 0 Å². The van der Waals surface area contributed by atoms with E-state index in [-0.39, 0.29) is 11.7 Å². The zero-order chi connectivity index (χ0) is 16.2. The summed E-state index contributed by atoms with van der Waals surface area (Å²) < 4.78 is 37.8. The van der Waals surface area contributed by atoms with Gasteiger partial charge in [-0.1, -0.05) is 36.4 Å². The van der Waals surface area contributed by atoms with E-state index in [1.807, 2.05) is 30.3 Å². The summed E-state index contributed by atoms with van der Waals surface area (Å²) in [5.41, 5.74) is 0.190. The number of urea groups is 1. The molecule has 2 amide bonds. The van der Waals surface area contributed by atoms with Gasteiger partial charge in [-0.15, -0.1) is 0 Å². The van der Waals surface area contributed by atoms with Gasteiger partial charge in [-0.25, -0.2) is 4.79 Å². The fourth-order valence-electron chi connectivity index (χ4n) is 1.96. The normalized spacial score (nSPS) is 12.5. The number of amides is 2. The lowest BCUT2D eigenvalue weighted by molar-refractivity contribution is -0.137. The largest absolute Gasteiger partial charge is 0.416 e. The van der Waals surface area contributed by atoms with Gasteiger partial charge in [0, 0.05) is 5.69 Å². The Bertz CT molecular complexity index is 641. The van der Waals surface area contributed by atoms with E-state index in [1.54, 1.807) is 6.92 Å². The highest BCUT2D eigenvalue weighted by atomic mass is 19.4. The molecule has 0 fully saturated rings. The predicted molar refractivity (Wildman–Crippen MR) is 78.5 cm³/mol. The second-order valence-corrected chi connectivity index (χ2v) is 4.81. The maximum atomic E-state index is 12.6. The smallest absolute Gasteiger partial charge is 0.331 e. The van der Waals surface area contributed by atoms with Gasteiger partial charge in [0.15, 0.2) is 0 Å². The summed E-state index contributed by atoms with van der Waals surface area (Å²) in [5.74, 6) is 0. The van der Waals surface area contributed by atoms with Crippen LogP contribution in [0.25, 0.3) is 0 Å². The Morgan fingerprint density at radius 2 is 1.73 bits per heavy atom. The molecule has 3 nitrogen and oxygen atoms in total. The van der Waals surface area contributed by atoms with E-state index in [4.69, 9.17) is 0 Å². The molecule has 0 bridgehead atoms. The highest BCUT2D eigenvalue weighted by Crippen LogP contribution is 2.30. The lowest BCUT2D eigenvalue weighted by atomic mass is 10.1. The van der Waals surface area contributed by atoms with Gasteiger partial charge in [0.1, 0.15) is 0 Å². The Kier molecular flexibility index (Phi) is 4.70. The number of carbonyl (C=O) groups excluding carboxylic acids is 1. The van der Waals surface area contributed by atoms with Gasteiger partial charge in [0.25, 0.3) is 0 Å². The topological polar surface area (TPSA) is 41.1 Å². The Morgan fingerprint density at radius 3 is 2.36 bits per heavy atom. The number of hydrogen-bond acceptors (Lipinski definition) is 1. The van der Waals surface area contributed by atoms with Crippen molar-refractivity contribution < 1.29 is 18.0 Å². The van der Waals surface area contributed by atoms with Crippen molar-refractivity contribution in [1.82, 2.24) is 5.32 Å². The number of alkyl halides is 3. The third-order valence-corrected chi connectivity index (χ3v) is 3.09. The molecule has 116 valence electrons. The number of benzene rings is 2. The van der Waals surface area contributed by atoms with Crippen LogP contribution in [0.5, 0.6) is 0 Å². The zero-order valence-electron chi connectivity index (χ0n) is 11.8. The van der Waals surface area contributed by atoms with E-state index in [2.05, 4.69) is 10.6 Å². The van der Waals surface area contributed by atoms with Gasteiger partial charge in [-0.3, -0.25) is 0 Å². The van der Waals surface area contributed by atoms with Gasteiger partial charge < -0.3 is 10.6 Å². The molecule has 6 heteroatoms. The van der Waals surface area contributed by atoms with Gasteiger partial charge in [0.2, 0.25) is 0 Å². The van der Waals surface area contributed by atoms with E-state index in [0.29, 0.717) is 0 Å². The van der Waals surface area contributed by atoms with Crippen molar-refractivity contribution in [1.29, 1.82) is 0 Å². The van der Waals surface area contributed by atoms with Crippen LogP contribution < -0.4 is 10.6 Å². The van der Waals surface area contributed by atoms with E-state index >= 15 is 0 Å². The van der Waals surface area contributed by atoms with E-state index < -0.39 is 17.8 Å². The molecular formula is C16H15F3N2O. The first-order valence-electron chi connectivity index (χ1n) is 6.66. The molecule has 22 heavy (non-hydrogen) atoms. The van der Waals surface area contributed by atoms with Crippen LogP contribution in [0, 0.1) is 0 Å². The summed E-state index contributed by atoms with van der Waals surface area (Å²) >= 11 is 0. The van der Waals surface area contributed by atoms with E-state index in [9.17, 15) is 18.0 Å². The third-order valence-electron chi connectivity index (χ3n) is 3.09. The van der Waals surface area contributed by atoms with Crippen LogP contribution in [0.15, 0.2) is 54.6 Å². The number of anilines is 1. The summed E-state index contributed by atoms with van der Waals surface area (Å²) in [4.78, 5) is 11.9. The first-order valence-corrected chi connectivity index (χ1v) is 6.66. The fraction of sp³-hybridized carbons (Fsp3) is 0.188. The summed E-state index contributed by atoms with van der Waals surface area (Å²) in [6, 6.07) is 13.0. The highest BCUT2D eigenvalue weighted by Gasteiger charge is 2.30.